The summed E-state index contributed by atoms with van der Waals surface area (Å²) in [7, 11) is 0. The Bertz CT molecular complexity index is 975. The molecule has 146 valence electrons. The van der Waals surface area contributed by atoms with Gasteiger partial charge >= 0.3 is 23.0 Å². The molecule has 2 rings (SSSR count). The Balaban J connectivity index is 2.54. The van der Waals surface area contributed by atoms with E-state index in [1.807, 2.05) is 30.7 Å². The molecule has 2 aromatic rings. The quantitative estimate of drug-likeness (QED) is 0.664. The van der Waals surface area contributed by atoms with Crippen molar-refractivity contribution >= 4 is 5.97 Å². The number of carbonyl (C=O) groups excluding carboxylic acids is 1. The van der Waals surface area contributed by atoms with Crippen LogP contribution in [0.15, 0.2) is 32.6 Å². The average Bonchev–Trinajstić information content (AvgIpc) is 2.56. The molecule has 1 atom stereocenters. The highest BCUT2D eigenvalue weighted by atomic mass is 16.5. The SMILES string of the molecule is CCC(=O)OC(Cn1c(=O)[nH]c(=O)[nH]c1=O)c1ccc(O)c(C(C)(C)C)c1. The number of nitrogens with zero attached hydrogens (tertiary/aromatic N) is 1. The number of carbonyl (C=O) groups is 1. The average molecular weight is 377 g/mol. The lowest BCUT2D eigenvalue weighted by Gasteiger charge is -2.24. The van der Waals surface area contributed by atoms with Gasteiger partial charge in [-0.1, -0.05) is 33.8 Å². The number of phenolic OH excluding ortho intramolecular Hbond substituents is 1. The van der Waals surface area contributed by atoms with E-state index in [1.54, 1.807) is 19.1 Å². The summed E-state index contributed by atoms with van der Waals surface area (Å²) in [5.41, 5.74) is -1.97. The molecule has 0 aliphatic rings. The third-order valence-electron chi connectivity index (χ3n) is 4.04. The van der Waals surface area contributed by atoms with E-state index in [1.165, 1.54) is 6.07 Å². The molecule has 1 aromatic heterocycles. The number of rotatable bonds is 5. The molecule has 0 amide bonds. The fourth-order valence-electron chi connectivity index (χ4n) is 2.59. The summed E-state index contributed by atoms with van der Waals surface area (Å²) in [6.07, 6.45) is -0.846. The summed E-state index contributed by atoms with van der Waals surface area (Å²) in [5, 5.41) is 10.1. The normalized spacial score (nSPS) is 12.6. The zero-order valence-electron chi connectivity index (χ0n) is 15.7. The minimum Gasteiger partial charge on any atom is -0.508 e. The lowest BCUT2D eigenvalue weighted by molar-refractivity contribution is -0.149. The summed E-state index contributed by atoms with van der Waals surface area (Å²) in [6.45, 7) is 7.07. The molecule has 0 spiro atoms. The van der Waals surface area contributed by atoms with Crippen LogP contribution in [0, 0.1) is 0 Å². The summed E-state index contributed by atoms with van der Waals surface area (Å²) in [5.74, 6) is -0.426. The topological polar surface area (TPSA) is 134 Å². The highest BCUT2D eigenvalue weighted by molar-refractivity contribution is 5.69. The van der Waals surface area contributed by atoms with E-state index in [2.05, 4.69) is 0 Å². The second kappa shape index (κ2) is 7.65. The van der Waals surface area contributed by atoms with E-state index in [0.717, 1.165) is 4.57 Å². The summed E-state index contributed by atoms with van der Waals surface area (Å²) in [4.78, 5) is 50.9. The molecular formula is C18H23N3O6. The predicted octanol–water partition coefficient (Wildman–Crippen LogP) is 0.922. The first kappa shape index (κ1) is 20.2. The second-order valence-corrected chi connectivity index (χ2v) is 7.16. The first-order valence-electron chi connectivity index (χ1n) is 8.49. The Kier molecular flexibility index (Phi) is 5.72. The molecular weight excluding hydrogens is 354 g/mol. The molecule has 0 saturated carbocycles. The minimum atomic E-state index is -0.955. The Labute approximate surface area is 154 Å². The summed E-state index contributed by atoms with van der Waals surface area (Å²) >= 11 is 0. The fraction of sp³-hybridized carbons (Fsp3) is 0.444. The smallest absolute Gasteiger partial charge is 0.333 e. The van der Waals surface area contributed by atoms with Crippen molar-refractivity contribution in [3.05, 3.63) is 60.8 Å². The van der Waals surface area contributed by atoms with Crippen molar-refractivity contribution in [2.45, 2.75) is 52.2 Å². The van der Waals surface area contributed by atoms with Crippen LogP contribution in [0.3, 0.4) is 0 Å². The maximum absolute atomic E-state index is 12.0. The van der Waals surface area contributed by atoms with Crippen molar-refractivity contribution in [1.82, 2.24) is 14.5 Å². The molecule has 9 heteroatoms. The van der Waals surface area contributed by atoms with Gasteiger partial charge in [0.25, 0.3) is 0 Å². The molecule has 0 radical (unpaired) electrons. The van der Waals surface area contributed by atoms with Gasteiger partial charge in [-0.3, -0.25) is 14.8 Å². The highest BCUT2D eigenvalue weighted by Crippen LogP contribution is 2.33. The van der Waals surface area contributed by atoms with Gasteiger partial charge in [-0.25, -0.2) is 19.0 Å². The molecule has 0 aliphatic heterocycles. The summed E-state index contributed by atoms with van der Waals surface area (Å²) < 4.78 is 6.16. The number of nitrogens with one attached hydrogen (secondary N) is 2. The Hall–Kier alpha value is -3.10. The van der Waals surface area contributed by atoms with Gasteiger partial charge in [-0.2, -0.15) is 0 Å². The lowest BCUT2D eigenvalue weighted by Crippen LogP contribution is -2.44. The molecule has 9 nitrogen and oxygen atoms in total. The third-order valence-corrected chi connectivity index (χ3v) is 4.04. The summed E-state index contributed by atoms with van der Waals surface area (Å²) in [6, 6.07) is 4.71. The number of H-pyrrole nitrogens is 2. The number of phenols is 1. The van der Waals surface area contributed by atoms with Gasteiger partial charge in [0.15, 0.2) is 0 Å². The number of hydrogen-bond donors (Lipinski definition) is 3. The highest BCUT2D eigenvalue weighted by Gasteiger charge is 2.24. The van der Waals surface area contributed by atoms with E-state index < -0.39 is 29.1 Å². The van der Waals surface area contributed by atoms with Gasteiger partial charge in [-0.15, -0.1) is 0 Å². The number of aromatic nitrogens is 3. The van der Waals surface area contributed by atoms with Crippen molar-refractivity contribution in [1.29, 1.82) is 0 Å². The van der Waals surface area contributed by atoms with Crippen molar-refractivity contribution < 1.29 is 14.6 Å². The predicted molar refractivity (Wildman–Crippen MR) is 97.9 cm³/mol. The molecule has 3 N–H and O–H groups in total. The molecule has 0 saturated heterocycles. The monoisotopic (exact) mass is 377 g/mol. The number of esters is 1. The van der Waals surface area contributed by atoms with E-state index in [4.69, 9.17) is 4.74 Å². The van der Waals surface area contributed by atoms with Gasteiger partial charge in [-0.05, 0) is 28.7 Å². The Morgan fingerprint density at radius 3 is 2.30 bits per heavy atom. The van der Waals surface area contributed by atoms with Crippen molar-refractivity contribution in [2.24, 2.45) is 0 Å². The first-order valence-corrected chi connectivity index (χ1v) is 8.49. The van der Waals surface area contributed by atoms with Gasteiger partial charge in [0.05, 0.1) is 6.54 Å². The van der Waals surface area contributed by atoms with Crippen LogP contribution in [-0.4, -0.2) is 25.6 Å². The maximum atomic E-state index is 12.0. The fourth-order valence-corrected chi connectivity index (χ4v) is 2.59. The van der Waals surface area contributed by atoms with Crippen LogP contribution in [0.5, 0.6) is 5.75 Å². The number of aromatic amines is 2. The molecule has 27 heavy (non-hydrogen) atoms. The number of benzene rings is 1. The largest absolute Gasteiger partial charge is 0.508 e. The Morgan fingerprint density at radius 1 is 1.19 bits per heavy atom. The minimum absolute atomic E-state index is 0.0888. The van der Waals surface area contributed by atoms with Gasteiger partial charge in [0.2, 0.25) is 0 Å². The van der Waals surface area contributed by atoms with Crippen LogP contribution in [0.4, 0.5) is 0 Å². The van der Waals surface area contributed by atoms with E-state index in [9.17, 15) is 24.3 Å². The van der Waals surface area contributed by atoms with Crippen LogP contribution >= 0.6 is 0 Å². The van der Waals surface area contributed by atoms with E-state index in [-0.39, 0.29) is 24.1 Å². The number of hydrogen-bond acceptors (Lipinski definition) is 6. The zero-order chi connectivity index (χ0) is 20.4. The van der Waals surface area contributed by atoms with Crippen molar-refractivity contribution in [3.63, 3.8) is 0 Å². The van der Waals surface area contributed by atoms with Crippen LogP contribution < -0.4 is 17.1 Å². The van der Waals surface area contributed by atoms with Crippen LogP contribution in [-0.2, 0) is 21.5 Å². The molecule has 0 aliphatic carbocycles. The van der Waals surface area contributed by atoms with Crippen LogP contribution in [0.1, 0.15) is 51.3 Å². The Morgan fingerprint density at radius 2 is 1.78 bits per heavy atom. The second-order valence-electron chi connectivity index (χ2n) is 7.16. The van der Waals surface area contributed by atoms with Crippen molar-refractivity contribution in [3.8, 4) is 5.75 Å². The lowest BCUT2D eigenvalue weighted by atomic mass is 9.85. The number of ether oxygens (including phenoxy) is 1. The standard InChI is InChI=1S/C18H23N3O6/c1-5-14(23)27-13(9-21-16(25)19-15(24)20-17(21)26)10-6-7-12(22)11(8-10)18(2,3)4/h6-8,13,22H,5,9H2,1-4H3,(H2,19,20,24,25,26). The molecule has 1 unspecified atom stereocenters. The molecule has 1 aromatic carbocycles. The van der Waals surface area contributed by atoms with E-state index >= 15 is 0 Å². The van der Waals surface area contributed by atoms with Crippen molar-refractivity contribution in [2.75, 3.05) is 0 Å². The third kappa shape index (κ3) is 4.75. The van der Waals surface area contributed by atoms with Gasteiger partial charge in [0, 0.05) is 6.42 Å². The van der Waals surface area contributed by atoms with E-state index in [0.29, 0.717) is 11.1 Å². The molecule has 0 bridgehead atoms. The van der Waals surface area contributed by atoms with Crippen LogP contribution in [0.2, 0.25) is 0 Å². The molecule has 1 heterocycles. The number of aromatic hydroxyl groups is 1. The first-order chi connectivity index (χ1) is 12.5. The van der Waals surface area contributed by atoms with Crippen LogP contribution in [0.25, 0.3) is 0 Å². The van der Waals surface area contributed by atoms with Gasteiger partial charge < -0.3 is 9.84 Å². The van der Waals surface area contributed by atoms with Gasteiger partial charge in [0.1, 0.15) is 11.9 Å². The maximum Gasteiger partial charge on any atom is 0.333 e. The molecule has 0 fully saturated rings. The zero-order valence-corrected chi connectivity index (χ0v) is 15.7.